The number of amides is 1. The Bertz CT molecular complexity index is 499. The van der Waals surface area contributed by atoms with Gasteiger partial charge in [-0.2, -0.15) is 0 Å². The molecule has 1 heterocycles. The minimum Gasteiger partial charge on any atom is -0.447 e. The summed E-state index contributed by atoms with van der Waals surface area (Å²) in [5.41, 5.74) is 0. The average molecular weight is 440 g/mol. The van der Waals surface area contributed by atoms with Gasteiger partial charge >= 0.3 is 6.09 Å². The van der Waals surface area contributed by atoms with Crippen LogP contribution in [0.2, 0.25) is 18.1 Å². The summed E-state index contributed by atoms with van der Waals surface area (Å²) in [6.45, 7) is 14.5. The van der Waals surface area contributed by atoms with Crippen LogP contribution < -0.4 is 0 Å². The van der Waals surface area contributed by atoms with E-state index in [9.17, 15) is 4.79 Å². The van der Waals surface area contributed by atoms with E-state index in [0.29, 0.717) is 13.2 Å². The number of carbonyl (C=O) groups is 1. The lowest BCUT2D eigenvalue weighted by molar-refractivity contribution is 0.0790. The molecule has 176 valence electrons. The summed E-state index contributed by atoms with van der Waals surface area (Å²) >= 11 is 0. The lowest BCUT2D eigenvalue weighted by atomic mass is 10.1. The predicted octanol–water partition coefficient (Wildman–Crippen LogP) is 8.04. The molecule has 0 aromatic carbocycles. The normalized spacial score (nSPS) is 16.5. The Kier molecular flexibility index (Phi) is 13.0. The molecule has 1 fully saturated rings. The monoisotopic (exact) mass is 439 g/mol. The van der Waals surface area contributed by atoms with Crippen molar-refractivity contribution in [2.75, 3.05) is 13.2 Å². The molecule has 0 radical (unpaired) electrons. The quantitative estimate of drug-likeness (QED) is 0.139. The van der Waals surface area contributed by atoms with E-state index < -0.39 is 8.32 Å². The van der Waals surface area contributed by atoms with Gasteiger partial charge in [-0.3, -0.25) is 4.90 Å². The second kappa shape index (κ2) is 14.3. The van der Waals surface area contributed by atoms with Gasteiger partial charge in [0.25, 0.3) is 0 Å². The van der Waals surface area contributed by atoms with Crippen LogP contribution in [0.5, 0.6) is 0 Å². The van der Waals surface area contributed by atoms with Crippen molar-refractivity contribution in [2.45, 2.75) is 129 Å². The third-order valence-electron chi connectivity index (χ3n) is 6.60. The molecule has 1 amide bonds. The van der Waals surface area contributed by atoms with Gasteiger partial charge in [-0.1, -0.05) is 98.0 Å². The van der Waals surface area contributed by atoms with E-state index in [1.54, 1.807) is 4.90 Å². The van der Waals surface area contributed by atoms with Crippen molar-refractivity contribution in [3.63, 3.8) is 0 Å². The van der Waals surface area contributed by atoms with Crippen LogP contribution in [0.4, 0.5) is 4.79 Å². The van der Waals surface area contributed by atoms with Gasteiger partial charge in [-0.25, -0.2) is 4.79 Å². The van der Waals surface area contributed by atoms with Crippen LogP contribution in [-0.4, -0.2) is 38.7 Å². The van der Waals surface area contributed by atoms with Gasteiger partial charge in [-0.05, 0) is 37.0 Å². The lowest BCUT2D eigenvalue weighted by Crippen LogP contribution is -2.49. The molecule has 0 saturated carbocycles. The van der Waals surface area contributed by atoms with Crippen LogP contribution >= 0.6 is 0 Å². The highest BCUT2D eigenvalue weighted by Gasteiger charge is 2.41. The minimum absolute atomic E-state index is 0.110. The first-order valence-corrected chi connectivity index (χ1v) is 15.4. The van der Waals surface area contributed by atoms with Gasteiger partial charge in [0.05, 0.1) is 6.54 Å². The van der Waals surface area contributed by atoms with Gasteiger partial charge in [-0.15, -0.1) is 0 Å². The molecule has 0 spiro atoms. The van der Waals surface area contributed by atoms with E-state index in [1.807, 2.05) is 0 Å². The SMILES string of the molecule is CCCCCCCCCCCCC/C=C/[C@@H](O[Si](C)(C)C(C)(C)C)N1CCOC1=O. The molecule has 5 heteroatoms. The summed E-state index contributed by atoms with van der Waals surface area (Å²) in [7, 11) is -1.97. The van der Waals surface area contributed by atoms with Crippen molar-refractivity contribution in [2.24, 2.45) is 0 Å². The Hall–Kier alpha value is -0.813. The smallest absolute Gasteiger partial charge is 0.412 e. The maximum atomic E-state index is 12.1. The fourth-order valence-corrected chi connectivity index (χ4v) is 4.62. The maximum Gasteiger partial charge on any atom is 0.412 e. The largest absolute Gasteiger partial charge is 0.447 e. The van der Waals surface area contributed by atoms with E-state index >= 15 is 0 Å². The van der Waals surface area contributed by atoms with Crippen molar-refractivity contribution in [3.8, 4) is 0 Å². The Morgan fingerprint density at radius 3 is 2.00 bits per heavy atom. The molecule has 0 unspecified atom stereocenters. The second-order valence-corrected chi connectivity index (χ2v) is 15.1. The molecule has 4 nitrogen and oxygen atoms in total. The van der Waals surface area contributed by atoms with Gasteiger partial charge in [0.1, 0.15) is 12.8 Å². The number of nitrogens with zero attached hydrogens (tertiary/aromatic N) is 1. The van der Waals surface area contributed by atoms with Gasteiger partial charge < -0.3 is 9.16 Å². The maximum absolute atomic E-state index is 12.1. The molecule has 1 saturated heterocycles. The number of rotatable bonds is 16. The van der Waals surface area contributed by atoms with E-state index in [4.69, 9.17) is 9.16 Å². The molecule has 0 aliphatic carbocycles. The van der Waals surface area contributed by atoms with Gasteiger partial charge in [0.15, 0.2) is 8.32 Å². The zero-order chi connectivity index (χ0) is 22.5. The second-order valence-electron chi connectivity index (χ2n) is 10.3. The number of allylic oxidation sites excluding steroid dienone is 1. The fraction of sp³-hybridized carbons (Fsp3) is 0.880. The standard InChI is InChI=1S/C25H49NO3Si/c1-7-8-9-10-11-12-13-14-15-16-17-18-19-20-23(26-21-22-28-24(26)27)29-30(5,6)25(2,3)4/h19-20,23H,7-18,21-22H2,1-6H3/b20-19+/t23-/m1/s1. The topological polar surface area (TPSA) is 38.8 Å². The number of ether oxygens (including phenoxy) is 1. The first-order valence-electron chi connectivity index (χ1n) is 12.5. The van der Waals surface area contributed by atoms with Gasteiger partial charge in [0, 0.05) is 0 Å². The van der Waals surface area contributed by atoms with Crippen molar-refractivity contribution in [3.05, 3.63) is 12.2 Å². The van der Waals surface area contributed by atoms with Crippen LogP contribution in [0.15, 0.2) is 12.2 Å². The Labute approximate surface area is 187 Å². The van der Waals surface area contributed by atoms with E-state index in [-0.39, 0.29) is 17.4 Å². The Morgan fingerprint density at radius 2 is 1.53 bits per heavy atom. The molecular formula is C25H49NO3Si. The van der Waals surface area contributed by atoms with Crippen molar-refractivity contribution in [1.29, 1.82) is 0 Å². The van der Waals surface area contributed by atoms with Crippen LogP contribution in [0.1, 0.15) is 105 Å². The zero-order valence-corrected chi connectivity index (χ0v) is 21.8. The summed E-state index contributed by atoms with van der Waals surface area (Å²) in [4.78, 5) is 13.8. The zero-order valence-electron chi connectivity index (χ0n) is 20.8. The molecule has 30 heavy (non-hydrogen) atoms. The van der Waals surface area contributed by atoms with Crippen LogP contribution in [0.25, 0.3) is 0 Å². The third-order valence-corrected chi connectivity index (χ3v) is 11.0. The lowest BCUT2D eigenvalue weighted by Gasteiger charge is -2.40. The third kappa shape index (κ3) is 10.5. The molecule has 0 aromatic heterocycles. The van der Waals surface area contributed by atoms with Crippen molar-refractivity contribution in [1.82, 2.24) is 4.90 Å². The highest BCUT2D eigenvalue weighted by molar-refractivity contribution is 6.74. The molecule has 1 aliphatic heterocycles. The number of hydrogen-bond acceptors (Lipinski definition) is 3. The number of cyclic esters (lactones) is 1. The first kappa shape index (κ1) is 27.2. The summed E-state index contributed by atoms with van der Waals surface area (Å²) < 4.78 is 11.7. The summed E-state index contributed by atoms with van der Waals surface area (Å²) in [6.07, 6.45) is 19.8. The molecule has 0 aromatic rings. The van der Waals surface area contributed by atoms with Crippen LogP contribution in [0.3, 0.4) is 0 Å². The summed E-state index contributed by atoms with van der Waals surface area (Å²) in [5, 5.41) is 0.110. The van der Waals surface area contributed by atoms with E-state index in [2.05, 4.69) is 52.9 Å². The first-order chi connectivity index (χ1) is 14.2. The average Bonchev–Trinajstić information content (AvgIpc) is 3.09. The predicted molar refractivity (Wildman–Crippen MR) is 130 cm³/mol. The molecule has 1 atom stereocenters. The van der Waals surface area contributed by atoms with E-state index in [0.717, 1.165) is 6.42 Å². The van der Waals surface area contributed by atoms with E-state index in [1.165, 1.54) is 70.6 Å². The van der Waals surface area contributed by atoms with Crippen molar-refractivity contribution >= 4 is 14.4 Å². The number of hydrogen-bond donors (Lipinski definition) is 0. The van der Waals surface area contributed by atoms with Gasteiger partial charge in [0.2, 0.25) is 0 Å². The minimum atomic E-state index is -1.97. The molecule has 0 N–H and O–H groups in total. The molecule has 0 bridgehead atoms. The Morgan fingerprint density at radius 1 is 1.00 bits per heavy atom. The molecule has 1 aliphatic rings. The summed E-state index contributed by atoms with van der Waals surface area (Å²) in [6, 6.07) is 0. The van der Waals surface area contributed by atoms with Crippen LogP contribution in [-0.2, 0) is 9.16 Å². The Balaban J connectivity index is 2.29. The fourth-order valence-electron chi connectivity index (χ4n) is 3.46. The molecule has 1 rings (SSSR count). The number of carbonyl (C=O) groups excluding carboxylic acids is 1. The summed E-state index contributed by atoms with van der Waals surface area (Å²) in [5.74, 6) is 0. The number of unbranched alkanes of at least 4 members (excludes halogenated alkanes) is 11. The van der Waals surface area contributed by atoms with Crippen LogP contribution in [0, 0.1) is 0 Å². The van der Waals surface area contributed by atoms with Crippen molar-refractivity contribution < 1.29 is 14.0 Å². The highest BCUT2D eigenvalue weighted by Crippen LogP contribution is 2.38. The highest BCUT2D eigenvalue weighted by atomic mass is 28.4. The molecular weight excluding hydrogens is 390 g/mol.